The number of anilines is 1. The zero-order chi connectivity index (χ0) is 21.6. The highest BCUT2D eigenvalue weighted by Gasteiger charge is 2.21. The maximum absolute atomic E-state index is 12.0. The highest BCUT2D eigenvalue weighted by atomic mass is 16.2. The molecule has 1 saturated heterocycles. The molecule has 0 atom stereocenters. The molecule has 2 heterocycles. The van der Waals surface area contributed by atoms with E-state index < -0.39 is 0 Å². The lowest BCUT2D eigenvalue weighted by atomic mass is 9.96. The Hall–Kier alpha value is -2.90. The van der Waals surface area contributed by atoms with Crippen LogP contribution >= 0.6 is 0 Å². The van der Waals surface area contributed by atoms with E-state index in [4.69, 9.17) is 4.99 Å². The van der Waals surface area contributed by atoms with Gasteiger partial charge in [-0.3, -0.25) is 4.79 Å². The van der Waals surface area contributed by atoms with Crippen LogP contribution in [-0.4, -0.2) is 39.2 Å². The predicted octanol–water partition coefficient (Wildman–Crippen LogP) is 2.82. The molecule has 2 aliphatic rings. The van der Waals surface area contributed by atoms with Crippen molar-refractivity contribution in [3.8, 4) is 0 Å². The number of aliphatic imine (C=N–C) groups is 1. The van der Waals surface area contributed by atoms with Crippen LogP contribution in [0.4, 0.5) is 5.69 Å². The molecule has 2 fully saturated rings. The molecular formula is C23H33N7O. The highest BCUT2D eigenvalue weighted by molar-refractivity contribution is 5.95. The van der Waals surface area contributed by atoms with Gasteiger partial charge in [0.15, 0.2) is 11.8 Å². The zero-order valence-corrected chi connectivity index (χ0v) is 18.6. The Kier molecular flexibility index (Phi) is 6.84. The summed E-state index contributed by atoms with van der Waals surface area (Å²) in [5.74, 6) is 2.81. The van der Waals surface area contributed by atoms with Crippen LogP contribution in [0.1, 0.15) is 62.2 Å². The van der Waals surface area contributed by atoms with E-state index in [0.29, 0.717) is 25.6 Å². The molecular weight excluding hydrogens is 390 g/mol. The molecule has 1 amide bonds. The summed E-state index contributed by atoms with van der Waals surface area (Å²) in [6.07, 6.45) is 7.82. The molecule has 1 aliphatic carbocycles. The average Bonchev–Trinajstić information content (AvgIpc) is 3.36. The van der Waals surface area contributed by atoms with Crippen molar-refractivity contribution in [2.75, 3.05) is 11.4 Å². The minimum atomic E-state index is 0.216. The van der Waals surface area contributed by atoms with Crippen molar-refractivity contribution in [3.05, 3.63) is 41.5 Å². The van der Waals surface area contributed by atoms with E-state index >= 15 is 0 Å². The first kappa shape index (κ1) is 21.3. The van der Waals surface area contributed by atoms with Gasteiger partial charge in [0.1, 0.15) is 5.82 Å². The quantitative estimate of drug-likeness (QED) is 0.551. The van der Waals surface area contributed by atoms with E-state index in [9.17, 15) is 4.79 Å². The minimum absolute atomic E-state index is 0.216. The number of rotatable bonds is 6. The highest BCUT2D eigenvalue weighted by Crippen LogP contribution is 2.22. The van der Waals surface area contributed by atoms with Crippen LogP contribution in [0.2, 0.25) is 0 Å². The molecule has 166 valence electrons. The second-order valence-electron chi connectivity index (χ2n) is 8.54. The third-order valence-electron chi connectivity index (χ3n) is 6.28. The third kappa shape index (κ3) is 5.42. The smallest absolute Gasteiger partial charge is 0.227 e. The number of hydrogen-bond donors (Lipinski definition) is 2. The average molecular weight is 424 g/mol. The molecule has 4 rings (SSSR count). The molecule has 8 heteroatoms. The number of nitrogens with one attached hydrogen (secondary N) is 2. The lowest BCUT2D eigenvalue weighted by Gasteiger charge is -2.25. The number of carbonyl (C=O) groups excluding carboxylic acids is 1. The number of carbonyl (C=O) groups is 1. The van der Waals surface area contributed by atoms with Gasteiger partial charge in [0, 0.05) is 31.7 Å². The van der Waals surface area contributed by atoms with Gasteiger partial charge in [-0.25, -0.2) is 4.99 Å². The van der Waals surface area contributed by atoms with Crippen LogP contribution in [0, 0.1) is 6.92 Å². The van der Waals surface area contributed by atoms with Gasteiger partial charge in [-0.2, -0.15) is 0 Å². The molecule has 1 aromatic heterocycles. The van der Waals surface area contributed by atoms with E-state index in [0.717, 1.165) is 41.8 Å². The Balaban J connectivity index is 1.41. The normalized spacial score (nSPS) is 17.9. The van der Waals surface area contributed by atoms with Crippen LogP contribution in [0.15, 0.2) is 29.3 Å². The Bertz CT molecular complexity index is 913. The maximum Gasteiger partial charge on any atom is 0.227 e. The van der Waals surface area contributed by atoms with Crippen molar-refractivity contribution in [2.24, 2.45) is 12.0 Å². The number of benzene rings is 1. The lowest BCUT2D eigenvalue weighted by molar-refractivity contribution is -0.117. The molecule has 2 N–H and O–H groups in total. The number of nitrogens with zero attached hydrogens (tertiary/aromatic N) is 5. The molecule has 31 heavy (non-hydrogen) atoms. The summed E-state index contributed by atoms with van der Waals surface area (Å²) in [5, 5.41) is 15.4. The Labute approximate surface area is 184 Å². The van der Waals surface area contributed by atoms with Gasteiger partial charge in [-0.05, 0) is 43.9 Å². The van der Waals surface area contributed by atoms with Gasteiger partial charge < -0.3 is 20.1 Å². The van der Waals surface area contributed by atoms with Crippen molar-refractivity contribution < 1.29 is 4.79 Å². The lowest BCUT2D eigenvalue weighted by Crippen LogP contribution is -2.44. The summed E-state index contributed by atoms with van der Waals surface area (Å²) in [6, 6.07) is 8.64. The largest absolute Gasteiger partial charge is 0.354 e. The summed E-state index contributed by atoms with van der Waals surface area (Å²) in [4.78, 5) is 18.7. The van der Waals surface area contributed by atoms with E-state index in [1.165, 1.54) is 32.1 Å². The molecule has 0 bridgehead atoms. The summed E-state index contributed by atoms with van der Waals surface area (Å²) in [6.45, 7) is 3.92. The fourth-order valence-electron chi connectivity index (χ4n) is 4.23. The zero-order valence-electron chi connectivity index (χ0n) is 18.6. The van der Waals surface area contributed by atoms with Gasteiger partial charge in [0.25, 0.3) is 0 Å². The first-order valence-corrected chi connectivity index (χ1v) is 11.4. The van der Waals surface area contributed by atoms with Crippen LogP contribution in [0.25, 0.3) is 0 Å². The Morgan fingerprint density at radius 2 is 1.90 bits per heavy atom. The minimum Gasteiger partial charge on any atom is -0.354 e. The number of guanidine groups is 1. The summed E-state index contributed by atoms with van der Waals surface area (Å²) in [5.41, 5.74) is 2.10. The molecule has 8 nitrogen and oxygen atoms in total. The molecule has 1 aromatic carbocycles. The van der Waals surface area contributed by atoms with Gasteiger partial charge >= 0.3 is 0 Å². The second kappa shape index (κ2) is 9.94. The summed E-state index contributed by atoms with van der Waals surface area (Å²) in [7, 11) is 1.98. The van der Waals surface area contributed by atoms with Crippen molar-refractivity contribution in [1.82, 2.24) is 25.4 Å². The maximum atomic E-state index is 12.0. The van der Waals surface area contributed by atoms with E-state index in [-0.39, 0.29) is 5.91 Å². The van der Waals surface area contributed by atoms with Crippen LogP contribution in [-0.2, 0) is 24.9 Å². The fraction of sp³-hybridized carbons (Fsp3) is 0.565. The first-order chi connectivity index (χ1) is 15.1. The number of aromatic nitrogens is 3. The fourth-order valence-corrected chi connectivity index (χ4v) is 4.23. The van der Waals surface area contributed by atoms with Crippen molar-refractivity contribution in [3.63, 3.8) is 0 Å². The predicted molar refractivity (Wildman–Crippen MR) is 122 cm³/mol. The Morgan fingerprint density at radius 3 is 2.55 bits per heavy atom. The van der Waals surface area contributed by atoms with Crippen LogP contribution in [0.5, 0.6) is 0 Å². The SMILES string of the molecule is Cc1nnc(CNC(=NCc2ccc(N3CCCC3=O)cc2)NC2CCCCC2)n1C. The van der Waals surface area contributed by atoms with Gasteiger partial charge in [0.05, 0.1) is 13.1 Å². The summed E-state index contributed by atoms with van der Waals surface area (Å²) >= 11 is 0. The molecule has 2 aromatic rings. The van der Waals surface area contributed by atoms with Crippen molar-refractivity contribution in [2.45, 2.75) is 71.0 Å². The third-order valence-corrected chi connectivity index (χ3v) is 6.28. The molecule has 0 spiro atoms. The Morgan fingerprint density at radius 1 is 1.13 bits per heavy atom. The molecule has 0 unspecified atom stereocenters. The number of aryl methyl sites for hydroxylation is 1. The molecule has 0 radical (unpaired) electrons. The van der Waals surface area contributed by atoms with Gasteiger partial charge in [0.2, 0.25) is 5.91 Å². The monoisotopic (exact) mass is 423 g/mol. The topological polar surface area (TPSA) is 87.4 Å². The first-order valence-electron chi connectivity index (χ1n) is 11.4. The number of hydrogen-bond acceptors (Lipinski definition) is 4. The van der Waals surface area contributed by atoms with E-state index in [1.807, 2.05) is 35.6 Å². The van der Waals surface area contributed by atoms with Crippen molar-refractivity contribution >= 4 is 17.6 Å². The van der Waals surface area contributed by atoms with Gasteiger partial charge in [-0.1, -0.05) is 31.4 Å². The van der Waals surface area contributed by atoms with E-state index in [1.54, 1.807) is 0 Å². The van der Waals surface area contributed by atoms with Crippen molar-refractivity contribution in [1.29, 1.82) is 0 Å². The summed E-state index contributed by atoms with van der Waals surface area (Å²) < 4.78 is 1.99. The molecule has 1 saturated carbocycles. The van der Waals surface area contributed by atoms with Crippen LogP contribution < -0.4 is 15.5 Å². The number of amides is 1. The van der Waals surface area contributed by atoms with Crippen LogP contribution in [0.3, 0.4) is 0 Å². The van der Waals surface area contributed by atoms with Gasteiger partial charge in [-0.15, -0.1) is 10.2 Å². The molecule has 1 aliphatic heterocycles. The van der Waals surface area contributed by atoms with E-state index in [2.05, 4.69) is 33.0 Å². The second-order valence-corrected chi connectivity index (χ2v) is 8.54. The standard InChI is InChI=1S/C23H33N7O/c1-17-27-28-21(29(17)2)16-25-23(26-19-7-4-3-5-8-19)24-15-18-10-12-20(13-11-18)30-14-6-9-22(30)31/h10-13,19H,3-9,14-16H2,1-2H3,(H2,24,25,26).